The zero-order chi connectivity index (χ0) is 39.7. The van der Waals surface area contributed by atoms with E-state index in [0.717, 1.165) is 30.6 Å². The molecular weight excluding hydrogens is 644 g/mol. The lowest BCUT2D eigenvalue weighted by molar-refractivity contribution is -0.137. The largest absolute Gasteiger partial charge is 0.481 e. The Morgan fingerprint density at radius 2 is 1.10 bits per heavy atom. The smallest absolute Gasteiger partial charge is 0.331 e. The molecule has 17 nitrogen and oxygen atoms in total. The molecule has 0 aliphatic carbocycles. The predicted molar refractivity (Wildman–Crippen MR) is 170 cm³/mol. The molecule has 0 amide bonds. The molecule has 0 aromatic rings. The van der Waals surface area contributed by atoms with Crippen LogP contribution in [0.5, 0.6) is 0 Å². The van der Waals surface area contributed by atoms with Crippen molar-refractivity contribution in [3.8, 4) is 0 Å². The molecule has 17 heteroatoms. The maximum absolute atomic E-state index is 9.86. The van der Waals surface area contributed by atoms with Crippen molar-refractivity contribution in [1.82, 2.24) is 0 Å². The number of aldehydes is 7. The summed E-state index contributed by atoms with van der Waals surface area (Å²) >= 11 is 0. The van der Waals surface area contributed by atoms with Crippen LogP contribution in [-0.2, 0) is 57.5 Å². The van der Waals surface area contributed by atoms with Crippen molar-refractivity contribution in [2.24, 2.45) is 0 Å². The van der Waals surface area contributed by atoms with Crippen molar-refractivity contribution in [1.29, 1.82) is 0 Å². The van der Waals surface area contributed by atoms with E-state index in [-0.39, 0.29) is 35.1 Å². The van der Waals surface area contributed by atoms with E-state index in [1.54, 1.807) is 6.92 Å². The van der Waals surface area contributed by atoms with Gasteiger partial charge in [0.25, 0.3) is 0 Å². The van der Waals surface area contributed by atoms with Crippen LogP contribution in [0.4, 0.5) is 0 Å². The van der Waals surface area contributed by atoms with Crippen molar-refractivity contribution in [2.75, 3.05) is 0 Å². The Bertz CT molecular complexity index is 1220. The fourth-order valence-electron chi connectivity index (χ4n) is 0.948. The van der Waals surface area contributed by atoms with Gasteiger partial charge in [0.1, 0.15) is 44.0 Å². The summed E-state index contributed by atoms with van der Waals surface area (Å²) in [5.41, 5.74) is 0.875. The zero-order valence-electron chi connectivity index (χ0n) is 26.3. The number of hydrogen-bond donors (Lipinski definition) is 5. The summed E-state index contributed by atoms with van der Waals surface area (Å²) in [6.07, 6.45) is 8.06. The Balaban J connectivity index is -0.0000000826. The average Bonchev–Trinajstić information content (AvgIpc) is 3.01. The molecule has 0 aromatic heterocycles. The van der Waals surface area contributed by atoms with Gasteiger partial charge in [0.05, 0.1) is 6.42 Å². The molecule has 0 atom stereocenters. The van der Waals surface area contributed by atoms with Crippen LogP contribution in [0, 0.1) is 0 Å². The minimum Gasteiger partial charge on any atom is -0.481 e. The second-order valence-electron chi connectivity index (χ2n) is 7.43. The molecule has 0 aliphatic heterocycles. The van der Waals surface area contributed by atoms with Gasteiger partial charge in [-0.15, -0.1) is 0 Å². The lowest BCUT2D eigenvalue weighted by Crippen LogP contribution is -1.98. The Kier molecular flexibility index (Phi) is 53.0. The molecule has 0 saturated heterocycles. The molecule has 0 bridgehead atoms. The molecule has 0 aliphatic rings. The molecule has 5 N–H and O–H groups in total. The third kappa shape index (κ3) is 83.3. The van der Waals surface area contributed by atoms with E-state index >= 15 is 0 Å². The third-order valence-corrected chi connectivity index (χ3v) is 2.98. The number of carboxylic acids is 5. The number of allylic oxidation sites excluding steroid dienone is 5. The number of carbonyl (C=O) groups is 12. The molecule has 0 radical (unpaired) electrons. The molecule has 0 unspecified atom stereocenters. The summed E-state index contributed by atoms with van der Waals surface area (Å²) in [5.74, 6) is -5.39. The first kappa shape index (κ1) is 56.9. The first-order valence-corrected chi connectivity index (χ1v) is 12.1. The lowest BCUT2D eigenvalue weighted by atomic mass is 10.2. The van der Waals surface area contributed by atoms with Gasteiger partial charge in [0.15, 0.2) is 0 Å². The summed E-state index contributed by atoms with van der Waals surface area (Å²) < 4.78 is 0. The van der Waals surface area contributed by atoms with Gasteiger partial charge < -0.3 is 30.3 Å². The molecule has 0 saturated carbocycles. The summed E-state index contributed by atoms with van der Waals surface area (Å²) in [7, 11) is 0. The van der Waals surface area contributed by atoms with E-state index in [4.69, 9.17) is 30.3 Å². The number of carboxylic acid groups (broad SMARTS) is 5. The van der Waals surface area contributed by atoms with Crippen LogP contribution in [-0.4, -0.2) is 99.4 Å². The second-order valence-corrected chi connectivity index (χ2v) is 7.43. The zero-order valence-corrected chi connectivity index (χ0v) is 26.3. The van der Waals surface area contributed by atoms with Gasteiger partial charge in [-0.2, -0.15) is 0 Å². The van der Waals surface area contributed by atoms with Crippen molar-refractivity contribution >= 4 is 73.8 Å². The quantitative estimate of drug-likeness (QED) is 0.129. The van der Waals surface area contributed by atoms with Gasteiger partial charge in [0.2, 0.25) is 0 Å². The van der Waals surface area contributed by atoms with Crippen LogP contribution >= 0.6 is 0 Å². The van der Waals surface area contributed by atoms with Crippen LogP contribution in [0.2, 0.25) is 0 Å². The van der Waals surface area contributed by atoms with Crippen LogP contribution in [0.3, 0.4) is 0 Å². The van der Waals surface area contributed by atoms with E-state index in [1.165, 1.54) is 19.9 Å². The number of aliphatic carboxylic acids is 5. The van der Waals surface area contributed by atoms with Crippen molar-refractivity contribution in [3.05, 3.63) is 84.6 Å². The minimum atomic E-state index is -1.11. The Morgan fingerprint density at radius 3 is 1.21 bits per heavy atom. The molecule has 48 heavy (non-hydrogen) atoms. The monoisotopic (exact) mass is 682 g/mol. The number of hydrogen-bond acceptors (Lipinski definition) is 12. The first-order valence-electron chi connectivity index (χ1n) is 12.1. The van der Waals surface area contributed by atoms with Gasteiger partial charge in [-0.3, -0.25) is 33.6 Å². The van der Waals surface area contributed by atoms with Gasteiger partial charge in [-0.05, 0) is 55.7 Å². The maximum atomic E-state index is 9.86. The summed E-state index contributed by atoms with van der Waals surface area (Å²) in [4.78, 5) is 115. The van der Waals surface area contributed by atoms with E-state index in [9.17, 15) is 52.7 Å². The van der Waals surface area contributed by atoms with Crippen LogP contribution in [0.15, 0.2) is 84.6 Å². The molecule has 0 aromatic carbocycles. The predicted octanol–water partition coefficient (Wildman–Crippen LogP) is 1.82. The van der Waals surface area contributed by atoms with Gasteiger partial charge in [0, 0.05) is 29.7 Å². The van der Waals surface area contributed by atoms with Gasteiger partial charge in [-0.25, -0.2) is 19.2 Å². The van der Waals surface area contributed by atoms with Gasteiger partial charge in [-0.1, -0.05) is 26.3 Å². The second kappa shape index (κ2) is 44.7. The third-order valence-electron chi connectivity index (χ3n) is 2.98. The molecule has 0 spiro atoms. The standard InChI is InChI=1S/4C5H6O3.C4H4O3.C4H6O.C3H4O/c2*1-4(3-6)2-5(7)8;2*1-4(2-3-6)5(7)8;5-3-1-2-4(6)7;1-4(2)3-5;1-2-3-4/h2-3H,1H3,(H,7,8);3H,1-2H2,(H,7,8);2-3H,1H3,(H,7,8);3H,1-2H2,(H,7,8);1-3H,(H,6,7);3H,1H2,2H3;2-3H,1H2/b4-2-;;4-2-;;2-1-;;. The van der Waals surface area contributed by atoms with Crippen LogP contribution in [0.1, 0.15) is 33.6 Å². The number of rotatable bonds is 14. The summed E-state index contributed by atoms with van der Waals surface area (Å²) in [5, 5.41) is 39.9. The summed E-state index contributed by atoms with van der Waals surface area (Å²) in [6.45, 7) is 17.1. The Morgan fingerprint density at radius 1 is 0.646 bits per heavy atom. The van der Waals surface area contributed by atoms with E-state index in [0.29, 0.717) is 43.3 Å². The fourth-order valence-corrected chi connectivity index (χ4v) is 0.948. The van der Waals surface area contributed by atoms with E-state index < -0.39 is 29.8 Å². The van der Waals surface area contributed by atoms with Crippen LogP contribution in [0.25, 0.3) is 0 Å². The van der Waals surface area contributed by atoms with Crippen molar-refractivity contribution in [3.63, 3.8) is 0 Å². The van der Waals surface area contributed by atoms with Crippen molar-refractivity contribution in [2.45, 2.75) is 33.6 Å². The molecule has 264 valence electrons. The van der Waals surface area contributed by atoms with Crippen LogP contribution < -0.4 is 0 Å². The highest BCUT2D eigenvalue weighted by Crippen LogP contribution is 1.92. The minimum absolute atomic E-state index is 0.0556. The highest BCUT2D eigenvalue weighted by atomic mass is 16.4. The molecule has 0 rings (SSSR count). The van der Waals surface area contributed by atoms with E-state index in [1.807, 2.05) is 0 Å². The summed E-state index contributed by atoms with van der Waals surface area (Å²) in [6, 6.07) is 0. The van der Waals surface area contributed by atoms with E-state index in [2.05, 4.69) is 26.3 Å². The lowest BCUT2D eigenvalue weighted by Gasteiger charge is -1.87. The Labute approximate surface area is 275 Å². The maximum Gasteiger partial charge on any atom is 0.331 e. The fraction of sp³-hybridized carbons (Fsp3) is 0.161. The normalized spacial score (nSPS) is 8.73. The molecule has 0 heterocycles. The first-order chi connectivity index (χ1) is 22.1. The van der Waals surface area contributed by atoms with Gasteiger partial charge >= 0.3 is 29.8 Å². The topological polar surface area (TPSA) is 306 Å². The molecule has 0 fully saturated rings. The molecular formula is C31H38O17. The highest BCUT2D eigenvalue weighted by Gasteiger charge is 2.00. The number of carbonyl (C=O) groups excluding carboxylic acids is 7. The average molecular weight is 683 g/mol. The highest BCUT2D eigenvalue weighted by molar-refractivity contribution is 5.90. The van der Waals surface area contributed by atoms with Crippen molar-refractivity contribution < 1.29 is 83.1 Å². The SMILES string of the molecule is C/C(=C/C=O)C(=O)O.C/C(C=O)=C/C(=O)O.C=C(C)C=O.C=C(C=O)CC(=O)O.C=C(CC=O)C(=O)O.C=CC=O.O=C/C=C\C(=O)O. The Hall–Kier alpha value is -6.78.